The molecule has 0 amide bonds. The first-order valence-corrected chi connectivity index (χ1v) is 6.00. The van der Waals surface area contributed by atoms with Gasteiger partial charge in [-0.25, -0.2) is 0 Å². The fraction of sp³-hybridized carbons (Fsp3) is 0.500. The first-order valence-electron chi connectivity index (χ1n) is 6.00. The Morgan fingerprint density at radius 2 is 2.25 bits per heavy atom. The highest BCUT2D eigenvalue weighted by molar-refractivity contribution is 5.84. The molecule has 0 aliphatic heterocycles. The second kappa shape index (κ2) is 4.79. The maximum atomic E-state index is 12.1. The predicted molar refractivity (Wildman–Crippen MR) is 65.2 cm³/mol. The van der Waals surface area contributed by atoms with E-state index in [1.54, 1.807) is 0 Å². The van der Waals surface area contributed by atoms with Gasteiger partial charge in [0.05, 0.1) is 0 Å². The number of rotatable bonds is 3. The molecule has 0 bridgehead atoms. The zero-order chi connectivity index (χ0) is 11.5. The van der Waals surface area contributed by atoms with E-state index in [1.165, 1.54) is 5.56 Å². The molecule has 2 unspecified atom stereocenters. The summed E-state index contributed by atoms with van der Waals surface area (Å²) in [7, 11) is 0. The maximum Gasteiger partial charge on any atom is 0.141 e. The van der Waals surface area contributed by atoms with Crippen LogP contribution in [0.1, 0.15) is 30.4 Å². The largest absolute Gasteiger partial charge is 0.327 e. The van der Waals surface area contributed by atoms with Gasteiger partial charge in [0.15, 0.2) is 0 Å². The number of benzene rings is 1. The molecule has 2 nitrogen and oxygen atoms in total. The van der Waals surface area contributed by atoms with E-state index in [-0.39, 0.29) is 12.0 Å². The van der Waals surface area contributed by atoms with Gasteiger partial charge >= 0.3 is 0 Å². The van der Waals surface area contributed by atoms with E-state index in [2.05, 4.69) is 19.1 Å². The third kappa shape index (κ3) is 2.50. The minimum Gasteiger partial charge on any atom is -0.327 e. The van der Waals surface area contributed by atoms with E-state index in [9.17, 15) is 4.79 Å². The number of hydrogen-bond donors (Lipinski definition) is 1. The van der Waals surface area contributed by atoms with Gasteiger partial charge in [0, 0.05) is 18.4 Å². The average molecular weight is 217 g/mol. The van der Waals surface area contributed by atoms with Crippen molar-refractivity contribution in [2.45, 2.75) is 38.6 Å². The van der Waals surface area contributed by atoms with Crippen LogP contribution in [0.4, 0.5) is 0 Å². The maximum absolute atomic E-state index is 12.1. The van der Waals surface area contributed by atoms with Crippen LogP contribution in [0.25, 0.3) is 0 Å². The molecule has 16 heavy (non-hydrogen) atoms. The monoisotopic (exact) mass is 217 g/mol. The van der Waals surface area contributed by atoms with Crippen molar-refractivity contribution < 1.29 is 4.79 Å². The normalized spacial score (nSPS) is 24.6. The van der Waals surface area contributed by atoms with Crippen LogP contribution in [-0.2, 0) is 11.2 Å². The van der Waals surface area contributed by atoms with Crippen molar-refractivity contribution in [3.05, 3.63) is 35.4 Å². The van der Waals surface area contributed by atoms with Gasteiger partial charge in [-0.3, -0.25) is 4.79 Å². The Morgan fingerprint density at radius 3 is 2.88 bits per heavy atom. The van der Waals surface area contributed by atoms with Gasteiger partial charge in [-0.2, -0.15) is 0 Å². The third-order valence-electron chi connectivity index (χ3n) is 3.44. The van der Waals surface area contributed by atoms with Crippen LogP contribution in [0.5, 0.6) is 0 Å². The standard InChI is InChI=1S/C14H19NO/c1-10-4-2-5-11(8-10)9-14(16)12-6-3-7-13(12)15/h2,4-5,8,12-13H,3,6-7,9,15H2,1H3. The highest BCUT2D eigenvalue weighted by atomic mass is 16.1. The van der Waals surface area contributed by atoms with Gasteiger partial charge in [0.25, 0.3) is 0 Å². The molecular weight excluding hydrogens is 198 g/mol. The van der Waals surface area contributed by atoms with Crippen molar-refractivity contribution in [2.75, 3.05) is 0 Å². The molecule has 1 fully saturated rings. The summed E-state index contributed by atoms with van der Waals surface area (Å²) < 4.78 is 0. The van der Waals surface area contributed by atoms with Crippen molar-refractivity contribution in [2.24, 2.45) is 11.7 Å². The summed E-state index contributed by atoms with van der Waals surface area (Å²) in [6, 6.07) is 8.25. The van der Waals surface area contributed by atoms with E-state index in [0.29, 0.717) is 12.2 Å². The molecule has 0 radical (unpaired) electrons. The van der Waals surface area contributed by atoms with Gasteiger partial charge in [0.2, 0.25) is 0 Å². The Hall–Kier alpha value is -1.15. The van der Waals surface area contributed by atoms with Gasteiger partial charge in [-0.15, -0.1) is 0 Å². The van der Waals surface area contributed by atoms with Crippen LogP contribution < -0.4 is 5.73 Å². The van der Waals surface area contributed by atoms with Crippen LogP contribution in [-0.4, -0.2) is 11.8 Å². The Labute approximate surface area is 96.8 Å². The summed E-state index contributed by atoms with van der Waals surface area (Å²) >= 11 is 0. The van der Waals surface area contributed by atoms with E-state index in [0.717, 1.165) is 24.8 Å². The van der Waals surface area contributed by atoms with E-state index in [1.807, 2.05) is 12.1 Å². The van der Waals surface area contributed by atoms with Gasteiger partial charge < -0.3 is 5.73 Å². The van der Waals surface area contributed by atoms with Gasteiger partial charge in [0.1, 0.15) is 5.78 Å². The lowest BCUT2D eigenvalue weighted by atomic mass is 9.93. The highest BCUT2D eigenvalue weighted by Crippen LogP contribution is 2.25. The number of Topliss-reactive ketones (excluding diaryl/α,β-unsaturated/α-hetero) is 1. The molecule has 0 heterocycles. The van der Waals surface area contributed by atoms with Crippen molar-refractivity contribution >= 4 is 5.78 Å². The number of ketones is 1. The van der Waals surface area contributed by atoms with E-state index < -0.39 is 0 Å². The molecule has 2 heteroatoms. The molecule has 0 saturated heterocycles. The minimum absolute atomic E-state index is 0.0947. The van der Waals surface area contributed by atoms with Gasteiger partial charge in [-0.05, 0) is 25.3 Å². The Balaban J connectivity index is 2.02. The molecule has 1 aromatic carbocycles. The predicted octanol–water partition coefficient (Wildman–Crippen LogP) is 2.23. The van der Waals surface area contributed by atoms with E-state index in [4.69, 9.17) is 5.73 Å². The average Bonchev–Trinajstić information content (AvgIpc) is 2.64. The van der Waals surface area contributed by atoms with E-state index >= 15 is 0 Å². The molecule has 2 N–H and O–H groups in total. The molecule has 1 saturated carbocycles. The van der Waals surface area contributed by atoms with Crippen LogP contribution in [0.3, 0.4) is 0 Å². The second-order valence-corrected chi connectivity index (χ2v) is 4.83. The van der Waals surface area contributed by atoms with Crippen molar-refractivity contribution in [1.29, 1.82) is 0 Å². The Bertz CT molecular complexity index is 386. The fourth-order valence-corrected chi connectivity index (χ4v) is 2.54. The summed E-state index contributed by atoms with van der Waals surface area (Å²) in [5.41, 5.74) is 8.27. The molecule has 86 valence electrons. The summed E-state index contributed by atoms with van der Waals surface area (Å²) in [5, 5.41) is 0. The zero-order valence-corrected chi connectivity index (χ0v) is 9.78. The quantitative estimate of drug-likeness (QED) is 0.843. The molecule has 1 aliphatic carbocycles. The van der Waals surface area contributed by atoms with Crippen LogP contribution in [0.2, 0.25) is 0 Å². The number of aryl methyl sites for hydroxylation is 1. The number of carbonyl (C=O) groups excluding carboxylic acids is 1. The molecule has 0 aromatic heterocycles. The summed E-state index contributed by atoms with van der Waals surface area (Å²) in [5.74, 6) is 0.413. The lowest BCUT2D eigenvalue weighted by Crippen LogP contribution is -2.31. The lowest BCUT2D eigenvalue weighted by molar-refractivity contribution is -0.122. The summed E-state index contributed by atoms with van der Waals surface area (Å²) in [6.07, 6.45) is 3.63. The molecular formula is C14H19NO. The van der Waals surface area contributed by atoms with Crippen molar-refractivity contribution in [3.63, 3.8) is 0 Å². The molecule has 2 atom stereocenters. The first-order chi connectivity index (χ1) is 7.66. The van der Waals surface area contributed by atoms with Crippen LogP contribution >= 0.6 is 0 Å². The molecule has 0 spiro atoms. The minimum atomic E-state index is 0.0947. The van der Waals surface area contributed by atoms with Crippen LogP contribution in [0, 0.1) is 12.8 Å². The summed E-state index contributed by atoms with van der Waals surface area (Å²) in [6.45, 7) is 2.05. The smallest absolute Gasteiger partial charge is 0.141 e. The summed E-state index contributed by atoms with van der Waals surface area (Å²) in [4.78, 5) is 12.1. The van der Waals surface area contributed by atoms with Crippen molar-refractivity contribution in [1.82, 2.24) is 0 Å². The number of nitrogens with two attached hydrogens (primary N) is 1. The Morgan fingerprint density at radius 1 is 1.44 bits per heavy atom. The fourth-order valence-electron chi connectivity index (χ4n) is 2.54. The topological polar surface area (TPSA) is 43.1 Å². The number of hydrogen-bond acceptors (Lipinski definition) is 2. The number of carbonyl (C=O) groups is 1. The van der Waals surface area contributed by atoms with Gasteiger partial charge in [-0.1, -0.05) is 36.2 Å². The SMILES string of the molecule is Cc1cccc(CC(=O)C2CCCC2N)c1. The lowest BCUT2D eigenvalue weighted by Gasteiger charge is -2.13. The first kappa shape index (κ1) is 11.3. The highest BCUT2D eigenvalue weighted by Gasteiger charge is 2.29. The van der Waals surface area contributed by atoms with Crippen molar-refractivity contribution in [3.8, 4) is 0 Å². The second-order valence-electron chi connectivity index (χ2n) is 4.83. The molecule has 2 rings (SSSR count). The Kier molecular flexibility index (Phi) is 3.39. The third-order valence-corrected chi connectivity index (χ3v) is 3.44. The zero-order valence-electron chi connectivity index (χ0n) is 9.78. The molecule has 1 aromatic rings. The molecule has 1 aliphatic rings. The van der Waals surface area contributed by atoms with Crippen LogP contribution in [0.15, 0.2) is 24.3 Å².